The van der Waals surface area contributed by atoms with Crippen LogP contribution in [0.3, 0.4) is 0 Å². The summed E-state index contributed by atoms with van der Waals surface area (Å²) in [6.45, 7) is 6.84. The van der Waals surface area contributed by atoms with Crippen molar-refractivity contribution in [2.45, 2.75) is 270 Å². The van der Waals surface area contributed by atoms with E-state index in [9.17, 15) is 19.0 Å². The molecule has 10 heteroatoms. The summed E-state index contributed by atoms with van der Waals surface area (Å²) in [6, 6.07) is -0.871. The van der Waals surface area contributed by atoms with Gasteiger partial charge in [0, 0.05) is 12.8 Å². The second kappa shape index (κ2) is 56.9. The number of nitrogens with one attached hydrogen (secondary N) is 1. The first-order valence-corrected chi connectivity index (χ1v) is 33.2. The minimum atomic E-state index is -4.46. The van der Waals surface area contributed by atoms with Gasteiger partial charge in [0.05, 0.1) is 33.8 Å². The van der Waals surface area contributed by atoms with Gasteiger partial charge >= 0.3 is 13.8 Å². The van der Waals surface area contributed by atoms with Gasteiger partial charge in [-0.25, -0.2) is 4.57 Å². The molecule has 0 bridgehead atoms. The highest BCUT2D eigenvalue weighted by atomic mass is 31.2. The smallest absolute Gasteiger partial charge is 0.456 e. The Bertz CT molecular complexity index is 1700. The molecule has 0 heterocycles. The number of esters is 1. The van der Waals surface area contributed by atoms with E-state index in [1.54, 1.807) is 0 Å². The van der Waals surface area contributed by atoms with Crippen LogP contribution < -0.4 is 5.32 Å². The lowest BCUT2D eigenvalue weighted by molar-refractivity contribution is -0.870. The quantitative estimate of drug-likeness (QED) is 0.0205. The van der Waals surface area contributed by atoms with E-state index in [1.807, 2.05) is 33.3 Å². The van der Waals surface area contributed by atoms with Crippen LogP contribution in [0.4, 0.5) is 0 Å². The molecule has 3 atom stereocenters. The van der Waals surface area contributed by atoms with Crippen molar-refractivity contribution in [2.75, 3.05) is 40.9 Å². The first-order valence-electron chi connectivity index (χ1n) is 31.7. The third-order valence-electron chi connectivity index (χ3n) is 13.4. The number of quaternary nitrogens is 1. The molecular weight excluding hydrogens is 988 g/mol. The summed E-state index contributed by atoms with van der Waals surface area (Å²) >= 11 is 0. The van der Waals surface area contributed by atoms with E-state index in [0.717, 1.165) is 122 Å². The van der Waals surface area contributed by atoms with Gasteiger partial charge in [0.15, 0.2) is 0 Å². The Hall–Kier alpha value is -3.33. The van der Waals surface area contributed by atoms with Crippen LogP contribution in [0.2, 0.25) is 0 Å². The Morgan fingerprint density at radius 1 is 0.462 bits per heavy atom. The minimum Gasteiger partial charge on any atom is -0.456 e. The zero-order chi connectivity index (χ0) is 57.2. The van der Waals surface area contributed by atoms with Gasteiger partial charge in [-0.1, -0.05) is 240 Å². The molecule has 9 nitrogen and oxygen atoms in total. The highest BCUT2D eigenvalue weighted by Crippen LogP contribution is 2.43. The van der Waals surface area contributed by atoms with Gasteiger partial charge in [-0.3, -0.25) is 18.6 Å². The first-order chi connectivity index (χ1) is 37.9. The molecule has 3 unspecified atom stereocenters. The number of phosphoric acid groups is 1. The summed E-state index contributed by atoms with van der Waals surface area (Å²) in [4.78, 5) is 37.7. The molecule has 448 valence electrons. The van der Waals surface area contributed by atoms with E-state index in [1.165, 1.54) is 96.3 Å². The lowest BCUT2D eigenvalue weighted by atomic mass is 10.0. The number of allylic oxidation sites excluding steroid dienone is 17. The van der Waals surface area contributed by atoms with Crippen molar-refractivity contribution in [2.24, 2.45) is 0 Å². The van der Waals surface area contributed by atoms with E-state index >= 15 is 0 Å². The molecule has 0 aliphatic rings. The van der Waals surface area contributed by atoms with Crippen LogP contribution in [0.5, 0.6) is 0 Å². The fraction of sp³-hybridized carbons (Fsp3) is 0.706. The van der Waals surface area contributed by atoms with Crippen LogP contribution >= 0.6 is 7.82 Å². The summed E-state index contributed by atoms with van der Waals surface area (Å²) in [5.74, 6) is -0.548. The van der Waals surface area contributed by atoms with E-state index in [0.29, 0.717) is 23.9 Å². The number of hydrogen-bond acceptors (Lipinski definition) is 6. The molecule has 0 aromatic rings. The summed E-state index contributed by atoms with van der Waals surface area (Å²) in [5, 5.41) is 3.05. The third kappa shape index (κ3) is 57.4. The molecule has 2 N–H and O–H groups in total. The van der Waals surface area contributed by atoms with Crippen molar-refractivity contribution >= 4 is 19.7 Å². The van der Waals surface area contributed by atoms with E-state index in [-0.39, 0.29) is 31.5 Å². The van der Waals surface area contributed by atoms with Gasteiger partial charge in [-0.2, -0.15) is 0 Å². The Kier molecular flexibility index (Phi) is 54.5. The van der Waals surface area contributed by atoms with Gasteiger partial charge in [0.2, 0.25) is 5.91 Å². The number of nitrogens with zero attached hydrogens (tertiary/aromatic N) is 1. The predicted molar refractivity (Wildman–Crippen MR) is 337 cm³/mol. The summed E-state index contributed by atoms with van der Waals surface area (Å²) in [5.41, 5.74) is 0. The number of likely N-dealkylation sites (N-methyl/N-ethyl adjacent to an activating group) is 1. The van der Waals surface area contributed by atoms with E-state index in [4.69, 9.17) is 13.8 Å². The molecule has 78 heavy (non-hydrogen) atoms. The average molecular weight is 1110 g/mol. The molecule has 0 aliphatic carbocycles. The highest BCUT2D eigenvalue weighted by Gasteiger charge is 2.30. The highest BCUT2D eigenvalue weighted by molar-refractivity contribution is 7.47. The standard InChI is InChI=1S/C68H119N2O7P/c1-7-10-13-16-19-22-25-28-30-32-33-34-35-36-37-39-40-42-45-48-51-54-57-60-67(71)69-65(64-76-78(73,74)75-63-62-70(4,5)6)66(59-56-53-50-47-44-27-24-21-18-15-12-9-3)77-68(72)61-58-55-52-49-46-43-41-38-31-29-26-23-20-17-14-11-8-2/h10,13,19-20,22-23,28-31,33-34,36-37,41,43,56,59,65-66H,7-9,11-12,14-18,21,24-27,32,35,38-40,42,44-55,57-58,60-64H2,1-6H3,(H-,69,71,73,74)/p+1/b13-10-,22-19-,23-20-,30-28-,31-29-,34-33-,37-36-,43-41-,59-56-. The number of unbranched alkanes of at least 4 members (excludes halogenated alkanes) is 24. The zero-order valence-electron chi connectivity index (χ0n) is 51.1. The molecule has 0 fully saturated rings. The third-order valence-corrected chi connectivity index (χ3v) is 14.4. The number of phosphoric ester groups is 1. The van der Waals surface area contributed by atoms with Gasteiger partial charge in [-0.05, 0) is 115 Å². The Morgan fingerprint density at radius 3 is 1.26 bits per heavy atom. The maximum atomic E-state index is 13.6. The van der Waals surface area contributed by atoms with Crippen molar-refractivity contribution in [1.82, 2.24) is 5.32 Å². The first kappa shape index (κ1) is 74.7. The number of hydrogen-bond donors (Lipinski definition) is 2. The van der Waals surface area contributed by atoms with Crippen molar-refractivity contribution in [3.05, 3.63) is 109 Å². The average Bonchev–Trinajstić information content (AvgIpc) is 3.40. The number of ether oxygens (including phenoxy) is 1. The number of rotatable bonds is 56. The molecule has 0 aromatic carbocycles. The van der Waals surface area contributed by atoms with Crippen LogP contribution in [-0.4, -0.2) is 74.3 Å². The maximum Gasteiger partial charge on any atom is 0.472 e. The maximum absolute atomic E-state index is 13.6. The second-order valence-corrected chi connectivity index (χ2v) is 23.6. The number of carbonyl (C=O) groups excluding carboxylic acids is 2. The van der Waals surface area contributed by atoms with Crippen molar-refractivity contribution in [3.63, 3.8) is 0 Å². The lowest BCUT2D eigenvalue weighted by Crippen LogP contribution is -2.47. The Labute approximate surface area is 481 Å². The number of carbonyl (C=O) groups is 2. The molecule has 0 radical (unpaired) electrons. The van der Waals surface area contributed by atoms with Crippen molar-refractivity contribution in [3.8, 4) is 0 Å². The molecule has 0 aliphatic heterocycles. The van der Waals surface area contributed by atoms with Gasteiger partial charge < -0.3 is 19.4 Å². The Morgan fingerprint density at radius 2 is 0.821 bits per heavy atom. The normalized spacial score (nSPS) is 14.4. The van der Waals surface area contributed by atoms with Crippen LogP contribution in [0.25, 0.3) is 0 Å². The predicted octanol–water partition coefficient (Wildman–Crippen LogP) is 19.7. The molecule has 0 saturated heterocycles. The Balaban J connectivity index is 5.28. The van der Waals surface area contributed by atoms with Crippen molar-refractivity contribution in [1.29, 1.82) is 0 Å². The van der Waals surface area contributed by atoms with E-state index < -0.39 is 20.0 Å². The molecule has 0 rings (SSSR count). The van der Waals surface area contributed by atoms with Crippen LogP contribution in [0.15, 0.2) is 109 Å². The molecule has 0 spiro atoms. The van der Waals surface area contributed by atoms with Crippen LogP contribution in [-0.2, 0) is 27.9 Å². The zero-order valence-corrected chi connectivity index (χ0v) is 52.0. The summed E-state index contributed by atoms with van der Waals surface area (Å²) in [7, 11) is 1.46. The van der Waals surface area contributed by atoms with E-state index in [2.05, 4.69) is 123 Å². The number of amides is 1. The topological polar surface area (TPSA) is 111 Å². The van der Waals surface area contributed by atoms with Crippen LogP contribution in [0, 0.1) is 0 Å². The van der Waals surface area contributed by atoms with Crippen LogP contribution in [0.1, 0.15) is 258 Å². The largest absolute Gasteiger partial charge is 0.472 e. The molecular formula is C68H120N2O7P+. The second-order valence-electron chi connectivity index (χ2n) is 22.2. The SMILES string of the molecule is CC/C=C\C/C=C\C/C=C\C/C=C\C/C=C\CCCCCCCCCC(=O)NC(COP(=O)(O)OCC[N+](C)(C)C)C(/C=C\CCCCCCCCCCCC)OC(=O)CCCCCC/C=C\C/C=C\C/C=C\CCCCC. The van der Waals surface area contributed by atoms with Gasteiger partial charge in [0.1, 0.15) is 19.3 Å². The van der Waals surface area contributed by atoms with Crippen molar-refractivity contribution < 1.29 is 37.3 Å². The van der Waals surface area contributed by atoms with Gasteiger partial charge in [0.25, 0.3) is 0 Å². The summed E-state index contributed by atoms with van der Waals surface area (Å²) < 4.78 is 30.7. The molecule has 0 saturated carbocycles. The fourth-order valence-corrected chi connectivity index (χ4v) is 9.30. The molecule has 0 aromatic heterocycles. The minimum absolute atomic E-state index is 0.0285. The molecule has 1 amide bonds. The van der Waals surface area contributed by atoms with Gasteiger partial charge in [-0.15, -0.1) is 0 Å². The summed E-state index contributed by atoms with van der Waals surface area (Å²) in [6.07, 6.45) is 78.0. The lowest BCUT2D eigenvalue weighted by Gasteiger charge is -2.27. The fourth-order valence-electron chi connectivity index (χ4n) is 8.56. The monoisotopic (exact) mass is 1110 g/mol.